The van der Waals surface area contributed by atoms with Gasteiger partial charge in [0.1, 0.15) is 5.75 Å². The summed E-state index contributed by atoms with van der Waals surface area (Å²) in [5, 5.41) is 17.5. The van der Waals surface area contributed by atoms with Crippen LogP contribution in [-0.2, 0) is 0 Å². The van der Waals surface area contributed by atoms with Gasteiger partial charge in [-0.3, -0.25) is 0 Å². The van der Waals surface area contributed by atoms with Crippen molar-refractivity contribution < 1.29 is 9.84 Å². The number of thiophene rings is 1. The van der Waals surface area contributed by atoms with E-state index in [2.05, 4.69) is 24.4 Å². The Morgan fingerprint density at radius 3 is 2.50 bits per heavy atom. The number of hydrogen-bond acceptors (Lipinski definition) is 4. The third-order valence-corrected chi connectivity index (χ3v) is 4.11. The molecule has 2 rings (SSSR count). The summed E-state index contributed by atoms with van der Waals surface area (Å²) in [7, 11) is 1.67. The van der Waals surface area contributed by atoms with Crippen LogP contribution in [0, 0.1) is 0 Å². The second kappa shape index (κ2) is 7.43. The maximum Gasteiger partial charge on any atom is 0.118 e. The first-order valence-electron chi connectivity index (χ1n) is 6.82. The minimum atomic E-state index is -0.450. The van der Waals surface area contributed by atoms with Crippen LogP contribution < -0.4 is 10.1 Å². The Hall–Kier alpha value is -1.36. The molecule has 0 saturated heterocycles. The highest BCUT2D eigenvalue weighted by molar-refractivity contribution is 7.07. The number of aliphatic hydroxyl groups excluding tert-OH is 1. The lowest BCUT2D eigenvalue weighted by Crippen LogP contribution is -2.26. The van der Waals surface area contributed by atoms with E-state index in [9.17, 15) is 5.11 Å². The fourth-order valence-corrected chi connectivity index (χ4v) is 2.88. The Balaban J connectivity index is 1.94. The highest BCUT2D eigenvalue weighted by Crippen LogP contribution is 2.21. The van der Waals surface area contributed by atoms with Crippen LogP contribution in [0.3, 0.4) is 0 Å². The molecule has 20 heavy (non-hydrogen) atoms. The lowest BCUT2D eigenvalue weighted by molar-refractivity contribution is 0.170. The van der Waals surface area contributed by atoms with Crippen molar-refractivity contribution in [2.24, 2.45) is 0 Å². The maximum atomic E-state index is 10.1. The summed E-state index contributed by atoms with van der Waals surface area (Å²) in [6, 6.07) is 10.3. The Morgan fingerprint density at radius 1 is 1.20 bits per heavy atom. The predicted molar refractivity (Wildman–Crippen MR) is 83.3 cm³/mol. The Morgan fingerprint density at radius 2 is 1.95 bits per heavy atom. The first kappa shape index (κ1) is 15.0. The lowest BCUT2D eigenvalue weighted by Gasteiger charge is -2.20. The molecule has 2 unspecified atom stereocenters. The summed E-state index contributed by atoms with van der Waals surface area (Å²) >= 11 is 1.61. The smallest absolute Gasteiger partial charge is 0.118 e. The van der Waals surface area contributed by atoms with Gasteiger partial charge in [0.25, 0.3) is 0 Å². The van der Waals surface area contributed by atoms with Crippen LogP contribution in [0.1, 0.15) is 36.6 Å². The lowest BCUT2D eigenvalue weighted by atomic mass is 10.0. The van der Waals surface area contributed by atoms with E-state index in [1.807, 2.05) is 29.0 Å². The molecule has 108 valence electrons. The average molecular weight is 291 g/mol. The number of nitrogens with one attached hydrogen (secondary N) is 1. The van der Waals surface area contributed by atoms with Gasteiger partial charge in [-0.2, -0.15) is 11.3 Å². The zero-order chi connectivity index (χ0) is 14.4. The first-order valence-corrected chi connectivity index (χ1v) is 7.76. The van der Waals surface area contributed by atoms with Gasteiger partial charge in [-0.05, 0) is 46.5 Å². The largest absolute Gasteiger partial charge is 0.497 e. The summed E-state index contributed by atoms with van der Waals surface area (Å²) in [5.41, 5.74) is 2.19. The molecule has 0 aliphatic heterocycles. The van der Waals surface area contributed by atoms with E-state index in [0.29, 0.717) is 6.54 Å². The van der Waals surface area contributed by atoms with E-state index in [0.717, 1.165) is 17.7 Å². The van der Waals surface area contributed by atoms with E-state index in [-0.39, 0.29) is 6.04 Å². The standard InChI is InChI=1S/C16H21NO2S/c1-3-15(12-4-6-14(19-2)7-5-12)17-10-16(18)13-8-9-20-11-13/h4-9,11,15-18H,3,10H2,1-2H3. The van der Waals surface area contributed by atoms with Crippen molar-refractivity contribution in [3.05, 3.63) is 52.2 Å². The third kappa shape index (κ3) is 3.82. The van der Waals surface area contributed by atoms with Crippen molar-refractivity contribution in [2.75, 3.05) is 13.7 Å². The highest BCUT2D eigenvalue weighted by atomic mass is 32.1. The predicted octanol–water partition coefficient (Wildman–Crippen LogP) is 3.53. The number of hydrogen-bond donors (Lipinski definition) is 2. The monoisotopic (exact) mass is 291 g/mol. The summed E-state index contributed by atoms with van der Waals surface area (Å²) in [5.74, 6) is 0.863. The van der Waals surface area contributed by atoms with Crippen LogP contribution in [0.2, 0.25) is 0 Å². The molecule has 0 saturated carbocycles. The normalized spacial score (nSPS) is 13.9. The van der Waals surface area contributed by atoms with Crippen molar-refractivity contribution >= 4 is 11.3 Å². The van der Waals surface area contributed by atoms with Crippen LogP contribution in [0.4, 0.5) is 0 Å². The van der Waals surface area contributed by atoms with Crippen molar-refractivity contribution in [1.29, 1.82) is 0 Å². The van der Waals surface area contributed by atoms with Gasteiger partial charge >= 0.3 is 0 Å². The molecule has 3 nitrogen and oxygen atoms in total. The van der Waals surface area contributed by atoms with E-state index >= 15 is 0 Å². The number of ether oxygens (including phenoxy) is 1. The molecule has 0 spiro atoms. The second-order valence-electron chi connectivity index (χ2n) is 4.71. The molecule has 2 N–H and O–H groups in total. The average Bonchev–Trinajstić information content (AvgIpc) is 3.02. The quantitative estimate of drug-likeness (QED) is 0.820. The van der Waals surface area contributed by atoms with Gasteiger partial charge in [-0.1, -0.05) is 19.1 Å². The van der Waals surface area contributed by atoms with Crippen LogP contribution in [0.5, 0.6) is 5.75 Å². The number of aliphatic hydroxyl groups is 1. The molecular weight excluding hydrogens is 270 g/mol. The SMILES string of the molecule is CCC(NCC(O)c1ccsc1)c1ccc(OC)cc1. The van der Waals surface area contributed by atoms with Gasteiger partial charge in [0.2, 0.25) is 0 Å². The fraction of sp³-hybridized carbons (Fsp3) is 0.375. The topological polar surface area (TPSA) is 41.5 Å². The Kier molecular flexibility index (Phi) is 5.59. The fourth-order valence-electron chi connectivity index (χ4n) is 2.17. The van der Waals surface area contributed by atoms with E-state index < -0.39 is 6.10 Å². The van der Waals surface area contributed by atoms with Gasteiger partial charge in [0, 0.05) is 12.6 Å². The molecule has 2 atom stereocenters. The maximum absolute atomic E-state index is 10.1. The minimum Gasteiger partial charge on any atom is -0.497 e. The van der Waals surface area contributed by atoms with Gasteiger partial charge in [0.05, 0.1) is 13.2 Å². The Labute approximate surface area is 124 Å². The van der Waals surface area contributed by atoms with Crippen molar-refractivity contribution in [1.82, 2.24) is 5.32 Å². The van der Waals surface area contributed by atoms with Crippen molar-refractivity contribution in [3.63, 3.8) is 0 Å². The second-order valence-corrected chi connectivity index (χ2v) is 5.49. The van der Waals surface area contributed by atoms with Gasteiger partial charge in [-0.25, -0.2) is 0 Å². The zero-order valence-electron chi connectivity index (χ0n) is 11.9. The summed E-state index contributed by atoms with van der Waals surface area (Å²) < 4.78 is 5.17. The molecular formula is C16H21NO2S. The van der Waals surface area contributed by atoms with Crippen LogP contribution in [-0.4, -0.2) is 18.8 Å². The van der Waals surface area contributed by atoms with Crippen LogP contribution >= 0.6 is 11.3 Å². The van der Waals surface area contributed by atoms with Gasteiger partial charge in [0.15, 0.2) is 0 Å². The minimum absolute atomic E-state index is 0.245. The van der Waals surface area contributed by atoms with Gasteiger partial charge < -0.3 is 15.2 Å². The summed E-state index contributed by atoms with van der Waals surface area (Å²) in [4.78, 5) is 0. The van der Waals surface area contributed by atoms with E-state index in [1.165, 1.54) is 5.56 Å². The molecule has 2 aromatic rings. The molecule has 4 heteroatoms. The van der Waals surface area contributed by atoms with Gasteiger partial charge in [-0.15, -0.1) is 0 Å². The van der Waals surface area contributed by atoms with Crippen molar-refractivity contribution in [3.8, 4) is 5.75 Å². The molecule has 0 aliphatic carbocycles. The molecule has 1 heterocycles. The molecule has 0 fully saturated rings. The molecule has 1 aromatic heterocycles. The molecule has 1 aromatic carbocycles. The highest BCUT2D eigenvalue weighted by Gasteiger charge is 2.13. The number of benzene rings is 1. The Bertz CT molecular complexity index is 496. The van der Waals surface area contributed by atoms with E-state index in [1.54, 1.807) is 18.4 Å². The third-order valence-electron chi connectivity index (χ3n) is 3.41. The number of methoxy groups -OCH3 is 1. The zero-order valence-corrected chi connectivity index (χ0v) is 12.7. The molecule has 0 amide bonds. The van der Waals surface area contributed by atoms with Crippen LogP contribution in [0.15, 0.2) is 41.1 Å². The first-order chi connectivity index (χ1) is 9.74. The molecule has 0 bridgehead atoms. The van der Waals surface area contributed by atoms with Crippen molar-refractivity contribution in [2.45, 2.75) is 25.5 Å². The molecule has 0 radical (unpaired) electrons. The van der Waals surface area contributed by atoms with E-state index in [4.69, 9.17) is 4.74 Å². The van der Waals surface area contributed by atoms with Crippen LogP contribution in [0.25, 0.3) is 0 Å². The summed E-state index contributed by atoms with van der Waals surface area (Å²) in [6.07, 6.45) is 0.524. The molecule has 0 aliphatic rings. The summed E-state index contributed by atoms with van der Waals surface area (Å²) in [6.45, 7) is 2.69. The number of rotatable bonds is 7.